The third kappa shape index (κ3) is 5610. The molecule has 0 radical (unpaired) electrons. The fraction of sp³-hybridized carbons (Fsp3) is 1.00. The Balaban J connectivity index is -0.0000000400. The Hall–Kier alpha value is 0.137. The fourth-order valence-electron chi connectivity index (χ4n) is 0. The van der Waals surface area contributed by atoms with Gasteiger partial charge in [0.05, 0.1) is 0 Å². The van der Waals surface area contributed by atoms with Crippen LogP contribution in [0.5, 0.6) is 0 Å². The zero-order valence-corrected chi connectivity index (χ0v) is 4.31. The van der Waals surface area contributed by atoms with E-state index in [9.17, 15) is 0 Å². The second-order valence-corrected chi connectivity index (χ2v) is 0.632. The summed E-state index contributed by atoms with van der Waals surface area (Å²) in [6.45, 7) is 3.86. The lowest BCUT2D eigenvalue weighted by molar-refractivity contribution is 0.318. The monoisotopic (exact) mass is 124 g/mol. The van der Waals surface area contributed by atoms with E-state index in [2.05, 4.69) is 0 Å². The highest BCUT2D eigenvalue weighted by Gasteiger charge is 1.34. The first-order valence-corrected chi connectivity index (χ1v) is 2.05. The molecule has 0 aliphatic carbocycles. The summed E-state index contributed by atoms with van der Waals surface area (Å²) in [4.78, 5) is 0. The predicted molar refractivity (Wildman–Crippen MR) is 36.9 cm³/mol. The molecule has 2 N–H and O–H groups in total. The van der Waals surface area contributed by atoms with Gasteiger partial charge in [0.15, 0.2) is 0 Å². The molecule has 0 rings (SSSR count). The van der Waals surface area contributed by atoms with Gasteiger partial charge in [-0.2, -0.15) is 0 Å². The molecule has 0 aliphatic rings. The van der Waals surface area contributed by atoms with Gasteiger partial charge in [-0.1, -0.05) is 0 Å². The van der Waals surface area contributed by atoms with E-state index in [1.54, 1.807) is 13.8 Å². The van der Waals surface area contributed by atoms with Crippen molar-refractivity contribution in [2.45, 2.75) is 13.8 Å². The van der Waals surface area contributed by atoms with Crippen molar-refractivity contribution in [3.63, 3.8) is 0 Å². The summed E-state index contributed by atoms with van der Waals surface area (Å²) in [7, 11) is 0. The van der Waals surface area contributed by atoms with Crippen LogP contribution in [0.2, 0.25) is 0 Å². The highest BCUT2D eigenvalue weighted by molar-refractivity contribution is 5.75. The molecule has 0 saturated heterocycles. The molecule has 0 aromatic carbocycles. The standard InChI is InChI=1S/2C2H6O.H4Si/c2*1-2-3;/h2*3H,2H2,1H3;1H4. The van der Waals surface area contributed by atoms with E-state index in [4.69, 9.17) is 10.2 Å². The topological polar surface area (TPSA) is 40.5 Å². The molecule has 7 heavy (non-hydrogen) atoms. The van der Waals surface area contributed by atoms with Gasteiger partial charge in [-0.25, -0.2) is 0 Å². The summed E-state index contributed by atoms with van der Waals surface area (Å²) in [6, 6.07) is 0. The van der Waals surface area contributed by atoms with Crippen LogP contribution < -0.4 is 0 Å². The lowest BCUT2D eigenvalue weighted by Gasteiger charge is -1.52. The maximum absolute atomic E-state index is 7.57. The number of hydrogen-bond donors (Lipinski definition) is 2. The Labute approximate surface area is 49.2 Å². The smallest absolute Gasteiger partial charge is 0.0402 e. The van der Waals surface area contributed by atoms with Crippen molar-refractivity contribution in [1.82, 2.24) is 0 Å². The minimum absolute atomic E-state index is 0. The average molecular weight is 124 g/mol. The largest absolute Gasteiger partial charge is 0.397 e. The van der Waals surface area contributed by atoms with Crippen LogP contribution in [0, 0.1) is 0 Å². The first-order chi connectivity index (χ1) is 2.83. The summed E-state index contributed by atoms with van der Waals surface area (Å²) in [5.41, 5.74) is 0. The molecule has 3 heteroatoms. The zero-order valence-electron chi connectivity index (χ0n) is 4.31. The molecule has 0 aromatic heterocycles. The molecule has 0 spiro atoms. The second kappa shape index (κ2) is 35.5. The Morgan fingerprint density at radius 2 is 1.00 bits per heavy atom. The highest BCUT2D eigenvalue weighted by Crippen LogP contribution is 1.30. The van der Waals surface area contributed by atoms with E-state index < -0.39 is 0 Å². The zero-order chi connectivity index (χ0) is 5.41. The van der Waals surface area contributed by atoms with Crippen LogP contribution in [0.15, 0.2) is 0 Å². The number of hydrogen-bond acceptors (Lipinski definition) is 2. The lowest BCUT2D eigenvalue weighted by atomic mass is 10.9. The van der Waals surface area contributed by atoms with Crippen molar-refractivity contribution >= 4 is 11.0 Å². The van der Waals surface area contributed by atoms with E-state index >= 15 is 0 Å². The quantitative estimate of drug-likeness (QED) is 0.388. The Morgan fingerprint density at radius 1 is 1.00 bits per heavy atom. The van der Waals surface area contributed by atoms with Gasteiger partial charge >= 0.3 is 0 Å². The minimum Gasteiger partial charge on any atom is -0.397 e. The Morgan fingerprint density at radius 3 is 1.00 bits per heavy atom. The molecule has 48 valence electrons. The summed E-state index contributed by atoms with van der Waals surface area (Å²) in [5, 5.41) is 15.1. The summed E-state index contributed by atoms with van der Waals surface area (Å²) in [6.07, 6.45) is 0. The number of rotatable bonds is 0. The van der Waals surface area contributed by atoms with Crippen molar-refractivity contribution in [2.75, 3.05) is 13.2 Å². The number of aliphatic hydroxyl groups is 2. The second-order valence-electron chi connectivity index (χ2n) is 0.632. The summed E-state index contributed by atoms with van der Waals surface area (Å²) < 4.78 is 0. The molecule has 0 heterocycles. The van der Waals surface area contributed by atoms with Gasteiger partial charge in [0.1, 0.15) is 0 Å². The maximum atomic E-state index is 7.57. The van der Waals surface area contributed by atoms with Crippen LogP contribution in [0.25, 0.3) is 0 Å². The lowest BCUT2D eigenvalue weighted by Crippen LogP contribution is -1.57. The highest BCUT2D eigenvalue weighted by atomic mass is 28.1. The van der Waals surface area contributed by atoms with Gasteiger partial charge < -0.3 is 10.2 Å². The first-order valence-electron chi connectivity index (χ1n) is 2.05. The molecule has 0 aliphatic heterocycles. The van der Waals surface area contributed by atoms with E-state index in [-0.39, 0.29) is 24.2 Å². The average Bonchev–Trinajstić information content (AvgIpc) is 1.39. The van der Waals surface area contributed by atoms with Crippen LogP contribution in [0.4, 0.5) is 0 Å². The van der Waals surface area contributed by atoms with Crippen molar-refractivity contribution < 1.29 is 10.2 Å². The van der Waals surface area contributed by atoms with E-state index in [0.717, 1.165) is 0 Å². The molecule has 0 fully saturated rings. The van der Waals surface area contributed by atoms with E-state index in [1.165, 1.54) is 0 Å². The third-order valence-corrected chi connectivity index (χ3v) is 0. The summed E-state index contributed by atoms with van der Waals surface area (Å²) >= 11 is 0. The molecule has 0 aromatic rings. The molecular weight excluding hydrogens is 108 g/mol. The van der Waals surface area contributed by atoms with Gasteiger partial charge in [0.2, 0.25) is 0 Å². The van der Waals surface area contributed by atoms with E-state index in [0.29, 0.717) is 0 Å². The summed E-state index contributed by atoms with van der Waals surface area (Å²) in [5.74, 6) is 0. The molecular formula is C4H16O2Si. The molecule has 0 unspecified atom stereocenters. The van der Waals surface area contributed by atoms with Crippen molar-refractivity contribution in [1.29, 1.82) is 0 Å². The Bertz CT molecular complexity index is 11.7. The predicted octanol–water partition coefficient (Wildman–Crippen LogP) is -1.45. The molecule has 2 nitrogen and oxygen atoms in total. The van der Waals surface area contributed by atoms with E-state index in [1.807, 2.05) is 0 Å². The molecule has 0 saturated carbocycles. The minimum atomic E-state index is 0. The molecule has 0 atom stereocenters. The SMILES string of the molecule is CCO.CCO.[SiH4]. The van der Waals surface area contributed by atoms with Gasteiger partial charge in [0, 0.05) is 13.2 Å². The van der Waals surface area contributed by atoms with Gasteiger partial charge in [-0.05, 0) is 24.8 Å². The van der Waals surface area contributed by atoms with Crippen molar-refractivity contribution in [3.05, 3.63) is 0 Å². The molecule has 0 amide bonds. The fourth-order valence-corrected chi connectivity index (χ4v) is 0. The number of aliphatic hydroxyl groups excluding tert-OH is 2. The van der Waals surface area contributed by atoms with Crippen molar-refractivity contribution in [3.8, 4) is 0 Å². The maximum Gasteiger partial charge on any atom is 0.0402 e. The third-order valence-electron chi connectivity index (χ3n) is 0. The van der Waals surface area contributed by atoms with Crippen molar-refractivity contribution in [2.24, 2.45) is 0 Å². The first kappa shape index (κ1) is 15.7. The van der Waals surface area contributed by atoms with Crippen LogP contribution >= 0.6 is 0 Å². The molecule has 0 bridgehead atoms. The van der Waals surface area contributed by atoms with Crippen LogP contribution in [-0.4, -0.2) is 34.4 Å². The van der Waals surface area contributed by atoms with Gasteiger partial charge in [-0.3, -0.25) is 0 Å². The normalized spacial score (nSPS) is 5.14. The van der Waals surface area contributed by atoms with Gasteiger partial charge in [-0.15, -0.1) is 0 Å². The van der Waals surface area contributed by atoms with Crippen LogP contribution in [0.1, 0.15) is 13.8 Å². The van der Waals surface area contributed by atoms with Gasteiger partial charge in [0.25, 0.3) is 0 Å². The van der Waals surface area contributed by atoms with Crippen LogP contribution in [-0.2, 0) is 0 Å². The van der Waals surface area contributed by atoms with Crippen LogP contribution in [0.3, 0.4) is 0 Å². The Kier molecular flexibility index (Phi) is 79.6.